The number of nitrogen functional groups attached to an aromatic ring is 1. The highest BCUT2D eigenvalue weighted by Gasteiger charge is 2.33. The molecular weight excluding hydrogens is 260 g/mol. The number of nitrogens with two attached hydrogens (primary N) is 1. The molecule has 1 aromatic rings. The van der Waals surface area contributed by atoms with Gasteiger partial charge in [0, 0.05) is 25.7 Å². The summed E-state index contributed by atoms with van der Waals surface area (Å²) in [6.07, 6.45) is 4.91. The molecular formula is C12H18N6O2. The van der Waals surface area contributed by atoms with E-state index in [9.17, 15) is 10.1 Å². The monoisotopic (exact) mass is 278 g/mol. The first kappa shape index (κ1) is 13.0. The molecule has 3 rings (SSSR count). The highest BCUT2D eigenvalue weighted by Crippen LogP contribution is 2.32. The van der Waals surface area contributed by atoms with E-state index in [0.717, 1.165) is 32.6 Å². The maximum atomic E-state index is 11.2. The van der Waals surface area contributed by atoms with Gasteiger partial charge in [-0.25, -0.2) is 9.97 Å². The van der Waals surface area contributed by atoms with E-state index < -0.39 is 4.92 Å². The third-order valence-electron chi connectivity index (χ3n) is 4.15. The summed E-state index contributed by atoms with van der Waals surface area (Å²) >= 11 is 0. The minimum atomic E-state index is -0.488. The quantitative estimate of drug-likeness (QED) is 0.625. The minimum absolute atomic E-state index is 0.0638. The van der Waals surface area contributed by atoms with Crippen LogP contribution in [0.3, 0.4) is 0 Å². The lowest BCUT2D eigenvalue weighted by Crippen LogP contribution is -2.55. The van der Waals surface area contributed by atoms with Gasteiger partial charge in [-0.3, -0.25) is 15.0 Å². The lowest BCUT2D eigenvalue weighted by Gasteiger charge is -2.44. The average molecular weight is 278 g/mol. The van der Waals surface area contributed by atoms with Gasteiger partial charge in [0.2, 0.25) is 11.6 Å². The van der Waals surface area contributed by atoms with Crippen LogP contribution in [0.1, 0.15) is 19.3 Å². The van der Waals surface area contributed by atoms with Crippen molar-refractivity contribution in [1.29, 1.82) is 0 Å². The van der Waals surface area contributed by atoms with E-state index in [0.29, 0.717) is 11.9 Å². The maximum Gasteiger partial charge on any atom is 0.353 e. The Bertz CT molecular complexity index is 523. The first-order chi connectivity index (χ1) is 9.66. The lowest BCUT2D eigenvalue weighted by atomic mass is 9.99. The molecule has 0 aromatic carbocycles. The van der Waals surface area contributed by atoms with E-state index in [1.54, 1.807) is 0 Å². The van der Waals surface area contributed by atoms with Gasteiger partial charge in [0.1, 0.15) is 6.33 Å². The number of aromatic nitrogens is 2. The number of hydrogen-bond donors (Lipinski definition) is 1. The molecule has 0 saturated carbocycles. The van der Waals surface area contributed by atoms with E-state index in [4.69, 9.17) is 5.73 Å². The summed E-state index contributed by atoms with van der Waals surface area (Å²) in [7, 11) is 0. The molecule has 0 aliphatic carbocycles. The second-order valence-corrected chi connectivity index (χ2v) is 5.32. The van der Waals surface area contributed by atoms with Crippen molar-refractivity contribution in [3.8, 4) is 0 Å². The Morgan fingerprint density at radius 2 is 2.15 bits per heavy atom. The molecule has 1 unspecified atom stereocenters. The molecule has 0 amide bonds. The Morgan fingerprint density at radius 3 is 2.95 bits per heavy atom. The van der Waals surface area contributed by atoms with Crippen molar-refractivity contribution in [2.45, 2.75) is 25.3 Å². The molecule has 1 atom stereocenters. The standard InChI is InChI=1S/C12H18N6O2/c13-11-10(18(19)20)12(15-8-14-11)17-6-5-16-4-2-1-3-9(16)7-17/h8-9H,1-7H2,(H2,13,14,15). The van der Waals surface area contributed by atoms with Gasteiger partial charge in [-0.1, -0.05) is 6.42 Å². The van der Waals surface area contributed by atoms with Crippen LogP contribution >= 0.6 is 0 Å². The Labute approximate surface area is 116 Å². The summed E-state index contributed by atoms with van der Waals surface area (Å²) in [5, 5.41) is 11.2. The number of anilines is 2. The zero-order valence-electron chi connectivity index (χ0n) is 11.2. The minimum Gasteiger partial charge on any atom is -0.378 e. The van der Waals surface area contributed by atoms with Crippen LogP contribution in [-0.4, -0.2) is 52.0 Å². The van der Waals surface area contributed by atoms with Gasteiger partial charge >= 0.3 is 5.69 Å². The Morgan fingerprint density at radius 1 is 1.30 bits per heavy atom. The molecule has 2 saturated heterocycles. The lowest BCUT2D eigenvalue weighted by molar-refractivity contribution is -0.383. The summed E-state index contributed by atoms with van der Waals surface area (Å²) in [6, 6.07) is 0.466. The summed E-state index contributed by atoms with van der Waals surface area (Å²) in [6.45, 7) is 3.57. The first-order valence-corrected chi connectivity index (χ1v) is 6.90. The zero-order chi connectivity index (χ0) is 14.1. The largest absolute Gasteiger partial charge is 0.378 e. The third-order valence-corrected chi connectivity index (χ3v) is 4.15. The number of hydrogen-bond acceptors (Lipinski definition) is 7. The average Bonchev–Trinajstić information content (AvgIpc) is 2.46. The number of fused-ring (bicyclic) bond motifs is 1. The van der Waals surface area contributed by atoms with Crippen molar-refractivity contribution < 1.29 is 4.92 Å². The predicted molar refractivity (Wildman–Crippen MR) is 74.5 cm³/mol. The van der Waals surface area contributed by atoms with Crippen LogP contribution in [0, 0.1) is 10.1 Å². The number of piperidine rings is 1. The van der Waals surface area contributed by atoms with Crippen LogP contribution in [0.15, 0.2) is 6.33 Å². The molecule has 2 fully saturated rings. The summed E-state index contributed by atoms with van der Waals surface area (Å²) in [4.78, 5) is 23.0. The smallest absolute Gasteiger partial charge is 0.353 e. The fourth-order valence-electron chi connectivity index (χ4n) is 3.14. The second kappa shape index (κ2) is 5.20. The fraction of sp³-hybridized carbons (Fsp3) is 0.667. The normalized spacial score (nSPS) is 23.4. The van der Waals surface area contributed by atoms with Gasteiger partial charge in [-0.05, 0) is 19.4 Å². The van der Waals surface area contributed by atoms with Gasteiger partial charge < -0.3 is 10.6 Å². The predicted octanol–water partition coefficient (Wildman–Crippen LogP) is 0.641. The van der Waals surface area contributed by atoms with Gasteiger partial charge in [0.05, 0.1) is 4.92 Å². The van der Waals surface area contributed by atoms with Gasteiger partial charge in [0.25, 0.3) is 0 Å². The number of nitro groups is 1. The van der Waals surface area contributed by atoms with Crippen molar-refractivity contribution in [3.05, 3.63) is 16.4 Å². The Balaban J connectivity index is 1.86. The van der Waals surface area contributed by atoms with Gasteiger partial charge in [0.15, 0.2) is 0 Å². The zero-order valence-corrected chi connectivity index (χ0v) is 11.2. The van der Waals surface area contributed by atoms with Gasteiger partial charge in [-0.15, -0.1) is 0 Å². The van der Waals surface area contributed by atoms with Crippen LogP contribution in [0.2, 0.25) is 0 Å². The van der Waals surface area contributed by atoms with E-state index >= 15 is 0 Å². The molecule has 20 heavy (non-hydrogen) atoms. The van der Waals surface area contributed by atoms with Crippen molar-refractivity contribution in [3.63, 3.8) is 0 Å². The van der Waals surface area contributed by atoms with Crippen molar-refractivity contribution in [2.75, 3.05) is 36.8 Å². The summed E-state index contributed by atoms with van der Waals surface area (Å²) in [5.74, 6) is 0.291. The number of nitrogens with zero attached hydrogens (tertiary/aromatic N) is 5. The molecule has 8 nitrogen and oxygen atoms in total. The Kier molecular flexibility index (Phi) is 3.39. The molecule has 3 heterocycles. The first-order valence-electron chi connectivity index (χ1n) is 6.90. The fourth-order valence-corrected chi connectivity index (χ4v) is 3.14. The molecule has 0 radical (unpaired) electrons. The van der Waals surface area contributed by atoms with E-state index in [-0.39, 0.29) is 11.5 Å². The van der Waals surface area contributed by atoms with Crippen molar-refractivity contribution in [2.24, 2.45) is 0 Å². The topological polar surface area (TPSA) is 101 Å². The van der Waals surface area contributed by atoms with Crippen molar-refractivity contribution in [1.82, 2.24) is 14.9 Å². The van der Waals surface area contributed by atoms with Crippen LogP contribution < -0.4 is 10.6 Å². The number of piperazine rings is 1. The molecule has 108 valence electrons. The van der Waals surface area contributed by atoms with Crippen LogP contribution in [0.5, 0.6) is 0 Å². The molecule has 2 aliphatic rings. The highest BCUT2D eigenvalue weighted by atomic mass is 16.6. The van der Waals surface area contributed by atoms with Crippen molar-refractivity contribution >= 4 is 17.3 Å². The van der Waals surface area contributed by atoms with E-state index in [1.807, 2.05) is 4.90 Å². The number of rotatable bonds is 2. The summed E-state index contributed by atoms with van der Waals surface area (Å²) in [5.41, 5.74) is 5.46. The van der Waals surface area contributed by atoms with Crippen LogP contribution in [0.4, 0.5) is 17.3 Å². The van der Waals surface area contributed by atoms with E-state index in [1.165, 1.54) is 19.2 Å². The third kappa shape index (κ3) is 2.26. The molecule has 2 aliphatic heterocycles. The van der Waals surface area contributed by atoms with Crippen LogP contribution in [-0.2, 0) is 0 Å². The summed E-state index contributed by atoms with van der Waals surface area (Å²) < 4.78 is 0. The molecule has 2 N–H and O–H groups in total. The molecule has 0 bridgehead atoms. The van der Waals surface area contributed by atoms with Crippen LogP contribution in [0.25, 0.3) is 0 Å². The highest BCUT2D eigenvalue weighted by molar-refractivity contribution is 5.68. The van der Waals surface area contributed by atoms with E-state index in [2.05, 4.69) is 14.9 Å². The van der Waals surface area contributed by atoms with Gasteiger partial charge in [-0.2, -0.15) is 0 Å². The molecule has 0 spiro atoms. The SMILES string of the molecule is Nc1ncnc(N2CCN3CCCCC3C2)c1[N+](=O)[O-]. The maximum absolute atomic E-state index is 11.2. The molecule has 1 aromatic heterocycles. The Hall–Kier alpha value is -1.96. The molecule has 8 heteroatoms. The second-order valence-electron chi connectivity index (χ2n) is 5.32.